The van der Waals surface area contributed by atoms with E-state index in [1.165, 1.54) is 27.1 Å². The molecular formula is C52H32N2O2. The van der Waals surface area contributed by atoms with Crippen LogP contribution in [0.5, 0.6) is 11.5 Å². The summed E-state index contributed by atoms with van der Waals surface area (Å²) in [6.45, 7) is 0. The van der Waals surface area contributed by atoms with Gasteiger partial charge in [-0.1, -0.05) is 127 Å². The zero-order valence-electron chi connectivity index (χ0n) is 30.2. The maximum atomic E-state index is 6.55. The minimum absolute atomic E-state index is 0.861. The molecule has 9 aromatic carbocycles. The predicted octanol–water partition coefficient (Wildman–Crippen LogP) is 14.7. The van der Waals surface area contributed by atoms with E-state index in [1.54, 1.807) is 0 Å². The van der Waals surface area contributed by atoms with E-state index >= 15 is 0 Å². The highest BCUT2D eigenvalue weighted by atomic mass is 16.5. The summed E-state index contributed by atoms with van der Waals surface area (Å²) in [7, 11) is 0. The number of benzene rings is 9. The van der Waals surface area contributed by atoms with Gasteiger partial charge in [-0.2, -0.15) is 0 Å². The lowest BCUT2D eigenvalue weighted by Crippen LogP contribution is -2.09. The van der Waals surface area contributed by atoms with E-state index in [-0.39, 0.29) is 0 Å². The Morgan fingerprint density at radius 3 is 1.93 bits per heavy atom. The Labute approximate surface area is 322 Å². The number of ether oxygens (including phenoxy) is 1. The van der Waals surface area contributed by atoms with Gasteiger partial charge < -0.3 is 18.6 Å². The first-order valence-electron chi connectivity index (χ1n) is 19.0. The fraction of sp³-hybridized carbons (Fsp3) is 0. The summed E-state index contributed by atoms with van der Waals surface area (Å²) in [5, 5.41) is 7.13. The van der Waals surface area contributed by atoms with Crippen molar-refractivity contribution >= 4 is 71.6 Å². The van der Waals surface area contributed by atoms with Crippen LogP contribution in [0.2, 0.25) is 0 Å². The largest absolute Gasteiger partial charge is 0.456 e. The summed E-state index contributed by atoms with van der Waals surface area (Å²) in [6.07, 6.45) is 0. The summed E-state index contributed by atoms with van der Waals surface area (Å²) in [4.78, 5) is 2.29. The van der Waals surface area contributed by atoms with Crippen LogP contribution in [0.25, 0.3) is 82.5 Å². The number of furan rings is 1. The smallest absolute Gasteiger partial charge is 0.152 e. The van der Waals surface area contributed by atoms with E-state index in [0.29, 0.717) is 0 Å². The van der Waals surface area contributed by atoms with Gasteiger partial charge in [-0.15, -0.1) is 0 Å². The zero-order chi connectivity index (χ0) is 36.7. The van der Waals surface area contributed by atoms with Crippen molar-refractivity contribution in [3.8, 4) is 39.4 Å². The number of anilines is 3. The molecule has 0 aliphatic carbocycles. The first kappa shape index (κ1) is 30.9. The summed E-state index contributed by atoms with van der Waals surface area (Å²) in [6, 6.07) is 68.9. The molecule has 0 N–H and O–H groups in total. The highest BCUT2D eigenvalue weighted by Gasteiger charge is 2.26. The van der Waals surface area contributed by atoms with Crippen molar-refractivity contribution in [2.24, 2.45) is 0 Å². The van der Waals surface area contributed by atoms with Crippen molar-refractivity contribution in [2.75, 3.05) is 4.90 Å². The number of hydrogen-bond donors (Lipinski definition) is 0. The van der Waals surface area contributed by atoms with E-state index in [0.717, 1.165) is 84.0 Å². The van der Waals surface area contributed by atoms with Gasteiger partial charge in [-0.05, 0) is 88.1 Å². The topological polar surface area (TPSA) is 30.5 Å². The Morgan fingerprint density at radius 1 is 0.411 bits per heavy atom. The molecule has 3 heterocycles. The molecule has 262 valence electrons. The van der Waals surface area contributed by atoms with Gasteiger partial charge in [0.1, 0.15) is 11.2 Å². The second kappa shape index (κ2) is 12.0. The van der Waals surface area contributed by atoms with Gasteiger partial charge in [-0.25, -0.2) is 0 Å². The van der Waals surface area contributed by atoms with Crippen molar-refractivity contribution in [1.29, 1.82) is 0 Å². The summed E-state index contributed by atoms with van der Waals surface area (Å²) < 4.78 is 15.4. The van der Waals surface area contributed by atoms with Crippen LogP contribution in [0, 0.1) is 0 Å². The van der Waals surface area contributed by atoms with Gasteiger partial charge in [0.05, 0.1) is 16.7 Å². The van der Waals surface area contributed by atoms with E-state index < -0.39 is 0 Å². The van der Waals surface area contributed by atoms with E-state index in [2.05, 4.69) is 204 Å². The van der Waals surface area contributed by atoms with Crippen LogP contribution in [0.1, 0.15) is 0 Å². The quantitative estimate of drug-likeness (QED) is 0.178. The average Bonchev–Trinajstić information content (AvgIpc) is 3.81. The van der Waals surface area contributed by atoms with Gasteiger partial charge in [0.15, 0.2) is 11.5 Å². The monoisotopic (exact) mass is 716 g/mol. The van der Waals surface area contributed by atoms with Crippen LogP contribution in [0.4, 0.5) is 17.1 Å². The van der Waals surface area contributed by atoms with E-state index in [1.807, 2.05) is 0 Å². The molecule has 4 heteroatoms. The van der Waals surface area contributed by atoms with Crippen molar-refractivity contribution in [3.05, 3.63) is 194 Å². The maximum absolute atomic E-state index is 6.55. The third-order valence-corrected chi connectivity index (χ3v) is 11.4. The number of nitrogens with zero attached hydrogens (tertiary/aromatic N) is 2. The third-order valence-electron chi connectivity index (χ3n) is 11.4. The van der Waals surface area contributed by atoms with Crippen molar-refractivity contribution in [3.63, 3.8) is 0 Å². The van der Waals surface area contributed by atoms with Crippen LogP contribution >= 0.6 is 0 Å². The summed E-state index contributed by atoms with van der Waals surface area (Å²) in [5.74, 6) is 1.75. The minimum Gasteiger partial charge on any atom is -0.456 e. The van der Waals surface area contributed by atoms with E-state index in [4.69, 9.17) is 9.15 Å². The van der Waals surface area contributed by atoms with Crippen LogP contribution in [-0.2, 0) is 0 Å². The second-order valence-electron chi connectivity index (χ2n) is 14.5. The molecule has 0 radical (unpaired) electrons. The molecule has 2 aromatic heterocycles. The van der Waals surface area contributed by atoms with Gasteiger partial charge >= 0.3 is 0 Å². The summed E-state index contributed by atoms with van der Waals surface area (Å²) in [5.41, 5.74) is 12.9. The normalized spacial score (nSPS) is 12.1. The molecule has 56 heavy (non-hydrogen) atoms. The lowest BCUT2D eigenvalue weighted by Gasteiger charge is -2.25. The molecule has 0 fully saturated rings. The molecule has 1 aliphatic heterocycles. The van der Waals surface area contributed by atoms with Crippen molar-refractivity contribution < 1.29 is 9.15 Å². The lowest BCUT2D eigenvalue weighted by atomic mass is 9.98. The average molecular weight is 717 g/mol. The van der Waals surface area contributed by atoms with Crippen LogP contribution < -0.4 is 9.64 Å². The third kappa shape index (κ3) is 4.60. The highest BCUT2D eigenvalue weighted by Crippen LogP contribution is 2.48. The first-order chi connectivity index (χ1) is 27.8. The van der Waals surface area contributed by atoms with Gasteiger partial charge in [0.2, 0.25) is 0 Å². The number of rotatable bonds is 5. The Bertz CT molecular complexity index is 3320. The van der Waals surface area contributed by atoms with E-state index in [9.17, 15) is 0 Å². The lowest BCUT2D eigenvalue weighted by molar-refractivity contribution is 0.477. The van der Waals surface area contributed by atoms with Gasteiger partial charge in [-0.3, -0.25) is 0 Å². The Balaban J connectivity index is 0.908. The molecule has 1 aliphatic rings. The minimum atomic E-state index is 0.861. The highest BCUT2D eigenvalue weighted by molar-refractivity contribution is 6.19. The zero-order valence-corrected chi connectivity index (χ0v) is 30.2. The van der Waals surface area contributed by atoms with Crippen molar-refractivity contribution in [1.82, 2.24) is 4.57 Å². The maximum Gasteiger partial charge on any atom is 0.152 e. The van der Waals surface area contributed by atoms with Crippen LogP contribution in [-0.4, -0.2) is 4.57 Å². The molecular weight excluding hydrogens is 685 g/mol. The van der Waals surface area contributed by atoms with Crippen LogP contribution in [0.15, 0.2) is 199 Å². The Kier molecular flexibility index (Phi) is 6.60. The molecule has 0 bridgehead atoms. The molecule has 0 amide bonds. The standard InChI is InChI=1S/C52H32N2O2/c1-2-11-37(12-3-1)53(39-29-30-44-49(32-39)55-46-31-26-35-10-4-5-13-40(35)50(44)46)38-27-24-34(25-28-38)33-20-22-36(23-21-33)41-15-8-18-47-51(41)54-45-17-7-6-14-42(45)43-16-9-19-48(56-47)52(43)54/h1-32H. The molecule has 0 saturated carbocycles. The number of hydrogen-bond acceptors (Lipinski definition) is 3. The SMILES string of the molecule is c1ccc(N(c2ccc(-c3ccc(-c4cccc5c4-n4c6ccccc6c6cccc(c64)O5)cc3)cc2)c2ccc3c(c2)oc2ccc4ccccc4c23)cc1. The predicted molar refractivity (Wildman–Crippen MR) is 231 cm³/mol. The number of para-hydroxylation sites is 4. The molecule has 4 nitrogen and oxygen atoms in total. The second-order valence-corrected chi connectivity index (χ2v) is 14.5. The molecule has 0 spiro atoms. The number of fused-ring (bicyclic) bond motifs is 10. The molecule has 0 unspecified atom stereocenters. The fourth-order valence-electron chi connectivity index (χ4n) is 8.83. The van der Waals surface area contributed by atoms with Crippen molar-refractivity contribution in [2.45, 2.75) is 0 Å². The molecule has 12 rings (SSSR count). The Morgan fingerprint density at radius 2 is 1.07 bits per heavy atom. The van der Waals surface area contributed by atoms with Gasteiger partial charge in [0.25, 0.3) is 0 Å². The first-order valence-corrected chi connectivity index (χ1v) is 19.0. The van der Waals surface area contributed by atoms with Gasteiger partial charge in [0, 0.05) is 50.2 Å². The molecule has 0 saturated heterocycles. The van der Waals surface area contributed by atoms with Crippen LogP contribution in [0.3, 0.4) is 0 Å². The molecule has 0 atom stereocenters. The molecule has 11 aromatic rings. The fourth-order valence-corrected chi connectivity index (χ4v) is 8.83. The summed E-state index contributed by atoms with van der Waals surface area (Å²) >= 11 is 0. The Hall–Kier alpha value is -7.56. The number of aromatic nitrogens is 1.